The van der Waals surface area contributed by atoms with Gasteiger partial charge in [-0.15, -0.1) is 5.10 Å². The van der Waals surface area contributed by atoms with Gasteiger partial charge in [0, 0.05) is 17.3 Å². The fourth-order valence-corrected chi connectivity index (χ4v) is 3.04. The zero-order valence-electron chi connectivity index (χ0n) is 14.2. The van der Waals surface area contributed by atoms with Crippen molar-refractivity contribution in [2.24, 2.45) is 0 Å². The molecule has 0 atom stereocenters. The molecular formula is C20H13F3N3O. The number of fused-ring (bicyclic) bond motifs is 1. The highest BCUT2D eigenvalue weighted by molar-refractivity contribution is 5.93. The molecule has 0 aliphatic carbocycles. The standard InChI is InChI=1S/C20H13F3N3O/c1-27-17-5-3-2-4-15(17)16-10-11-26-19(24-12-25-26)18(16)13-6-8-14(9-7-13)20(21,22)23/h2-11H,1H3. The summed E-state index contributed by atoms with van der Waals surface area (Å²) in [7, 11) is 1.57. The Labute approximate surface area is 152 Å². The zero-order valence-corrected chi connectivity index (χ0v) is 14.2. The Balaban J connectivity index is 1.97. The number of alkyl halides is 3. The van der Waals surface area contributed by atoms with Gasteiger partial charge in [0.2, 0.25) is 6.33 Å². The van der Waals surface area contributed by atoms with E-state index in [4.69, 9.17) is 4.74 Å². The predicted octanol–water partition coefficient (Wildman–Crippen LogP) is 4.89. The predicted molar refractivity (Wildman–Crippen MR) is 94.2 cm³/mol. The van der Waals surface area contributed by atoms with E-state index in [0.717, 1.165) is 23.3 Å². The van der Waals surface area contributed by atoms with Crippen LogP contribution in [0.2, 0.25) is 0 Å². The van der Waals surface area contributed by atoms with Crippen LogP contribution in [0.25, 0.3) is 27.9 Å². The number of aromatic nitrogens is 3. The third kappa shape index (κ3) is 3.01. The van der Waals surface area contributed by atoms with E-state index in [2.05, 4.69) is 16.4 Å². The number of halogens is 3. The Bertz CT molecular complexity index is 1100. The molecule has 2 heterocycles. The van der Waals surface area contributed by atoms with E-state index in [1.807, 2.05) is 30.3 Å². The van der Waals surface area contributed by atoms with Crippen LogP contribution in [0, 0.1) is 6.33 Å². The first-order valence-electron chi connectivity index (χ1n) is 8.05. The van der Waals surface area contributed by atoms with Crippen molar-refractivity contribution in [1.29, 1.82) is 0 Å². The Morgan fingerprint density at radius 3 is 2.41 bits per heavy atom. The Hall–Kier alpha value is -3.35. The number of hydrogen-bond acceptors (Lipinski definition) is 3. The molecular weight excluding hydrogens is 355 g/mol. The molecule has 135 valence electrons. The Morgan fingerprint density at radius 2 is 1.70 bits per heavy atom. The first-order chi connectivity index (χ1) is 13.0. The van der Waals surface area contributed by atoms with Crippen molar-refractivity contribution in [2.75, 3.05) is 7.11 Å². The van der Waals surface area contributed by atoms with Crippen LogP contribution in [-0.4, -0.2) is 21.7 Å². The van der Waals surface area contributed by atoms with Crippen molar-refractivity contribution in [3.63, 3.8) is 0 Å². The maximum atomic E-state index is 12.9. The summed E-state index contributed by atoms with van der Waals surface area (Å²) in [5.74, 6) is 0.651. The van der Waals surface area contributed by atoms with Gasteiger partial charge in [-0.3, -0.25) is 0 Å². The maximum absolute atomic E-state index is 12.9. The Kier molecular flexibility index (Phi) is 4.07. The highest BCUT2D eigenvalue weighted by Crippen LogP contribution is 2.39. The van der Waals surface area contributed by atoms with Crippen molar-refractivity contribution >= 4 is 5.65 Å². The summed E-state index contributed by atoms with van der Waals surface area (Å²) in [6.07, 6.45) is -0.117. The maximum Gasteiger partial charge on any atom is 0.416 e. The molecule has 4 aromatic rings. The molecule has 7 heteroatoms. The minimum atomic E-state index is -4.39. The van der Waals surface area contributed by atoms with Gasteiger partial charge in [-0.1, -0.05) is 30.3 Å². The lowest BCUT2D eigenvalue weighted by molar-refractivity contribution is -0.137. The lowest BCUT2D eigenvalue weighted by Gasteiger charge is -2.15. The number of ether oxygens (including phenoxy) is 1. The minimum absolute atomic E-state index is 0.498. The van der Waals surface area contributed by atoms with Crippen molar-refractivity contribution in [3.05, 3.63) is 72.7 Å². The third-order valence-electron chi connectivity index (χ3n) is 4.30. The normalized spacial score (nSPS) is 11.7. The lowest BCUT2D eigenvalue weighted by atomic mass is 9.94. The number of benzene rings is 2. The minimum Gasteiger partial charge on any atom is -0.496 e. The van der Waals surface area contributed by atoms with Crippen LogP contribution in [0.3, 0.4) is 0 Å². The van der Waals surface area contributed by atoms with Crippen molar-refractivity contribution in [3.8, 4) is 28.0 Å². The summed E-state index contributed by atoms with van der Waals surface area (Å²) in [5, 5.41) is 4.01. The van der Waals surface area contributed by atoms with E-state index in [1.54, 1.807) is 13.3 Å². The van der Waals surface area contributed by atoms with Crippen LogP contribution in [0.4, 0.5) is 13.2 Å². The number of pyridine rings is 1. The van der Waals surface area contributed by atoms with Gasteiger partial charge < -0.3 is 4.74 Å². The van der Waals surface area contributed by atoms with E-state index in [1.165, 1.54) is 16.6 Å². The van der Waals surface area contributed by atoms with Crippen LogP contribution in [-0.2, 0) is 6.18 Å². The third-order valence-corrected chi connectivity index (χ3v) is 4.30. The largest absolute Gasteiger partial charge is 0.496 e. The molecule has 0 fully saturated rings. The van der Waals surface area contributed by atoms with Gasteiger partial charge in [-0.2, -0.15) is 13.2 Å². The summed E-state index contributed by atoms with van der Waals surface area (Å²) in [6, 6.07) is 14.3. The number of methoxy groups -OCH3 is 1. The Morgan fingerprint density at radius 1 is 0.963 bits per heavy atom. The summed E-state index contributed by atoms with van der Waals surface area (Å²) in [5.41, 5.74) is 2.63. The van der Waals surface area contributed by atoms with E-state index >= 15 is 0 Å². The molecule has 0 aliphatic heterocycles. The van der Waals surface area contributed by atoms with E-state index < -0.39 is 11.7 Å². The summed E-state index contributed by atoms with van der Waals surface area (Å²) >= 11 is 0. The van der Waals surface area contributed by atoms with Crippen molar-refractivity contribution < 1.29 is 17.9 Å². The number of hydrogen-bond donors (Lipinski definition) is 0. The summed E-state index contributed by atoms with van der Waals surface area (Å²) in [6.45, 7) is 0. The fraction of sp³-hybridized carbons (Fsp3) is 0.100. The molecule has 2 aromatic heterocycles. The van der Waals surface area contributed by atoms with E-state index in [-0.39, 0.29) is 0 Å². The molecule has 1 radical (unpaired) electrons. The van der Waals surface area contributed by atoms with Gasteiger partial charge in [0.05, 0.1) is 12.7 Å². The summed E-state index contributed by atoms with van der Waals surface area (Å²) in [4.78, 5) is 4.17. The second kappa shape index (κ2) is 6.42. The second-order valence-electron chi connectivity index (χ2n) is 5.86. The molecule has 0 N–H and O–H groups in total. The van der Waals surface area contributed by atoms with Gasteiger partial charge >= 0.3 is 6.18 Å². The number of para-hydroxylation sites is 1. The van der Waals surface area contributed by atoms with Crippen LogP contribution in [0.5, 0.6) is 5.75 Å². The summed E-state index contributed by atoms with van der Waals surface area (Å²) < 4.78 is 45.7. The molecule has 4 nitrogen and oxygen atoms in total. The molecule has 4 rings (SSSR count). The van der Waals surface area contributed by atoms with Crippen LogP contribution >= 0.6 is 0 Å². The average molecular weight is 368 g/mol. The molecule has 0 amide bonds. The van der Waals surface area contributed by atoms with Gasteiger partial charge in [0.1, 0.15) is 5.75 Å². The highest BCUT2D eigenvalue weighted by atomic mass is 19.4. The van der Waals surface area contributed by atoms with Gasteiger partial charge in [0.25, 0.3) is 0 Å². The van der Waals surface area contributed by atoms with Crippen LogP contribution < -0.4 is 4.74 Å². The molecule has 0 saturated heterocycles. The molecule has 27 heavy (non-hydrogen) atoms. The van der Waals surface area contributed by atoms with Gasteiger partial charge in [-0.05, 0) is 35.4 Å². The van der Waals surface area contributed by atoms with Crippen molar-refractivity contribution in [1.82, 2.24) is 14.6 Å². The first-order valence-corrected chi connectivity index (χ1v) is 8.05. The number of rotatable bonds is 3. The topological polar surface area (TPSA) is 39.4 Å². The number of nitrogens with zero attached hydrogens (tertiary/aromatic N) is 3. The highest BCUT2D eigenvalue weighted by Gasteiger charge is 2.30. The molecule has 0 bridgehead atoms. The second-order valence-corrected chi connectivity index (χ2v) is 5.86. The zero-order chi connectivity index (χ0) is 19.0. The molecule has 0 unspecified atom stereocenters. The fourth-order valence-electron chi connectivity index (χ4n) is 3.04. The van der Waals surface area contributed by atoms with Crippen LogP contribution in [0.1, 0.15) is 5.56 Å². The van der Waals surface area contributed by atoms with Crippen LogP contribution in [0.15, 0.2) is 60.8 Å². The smallest absolute Gasteiger partial charge is 0.416 e. The quantitative estimate of drug-likeness (QED) is 0.517. The van der Waals surface area contributed by atoms with Gasteiger partial charge in [0.15, 0.2) is 5.65 Å². The lowest BCUT2D eigenvalue weighted by Crippen LogP contribution is -2.04. The first kappa shape index (κ1) is 17.1. The molecule has 0 aliphatic rings. The average Bonchev–Trinajstić information content (AvgIpc) is 3.15. The van der Waals surface area contributed by atoms with Crippen molar-refractivity contribution in [2.45, 2.75) is 6.18 Å². The molecule has 0 spiro atoms. The molecule has 2 aromatic carbocycles. The van der Waals surface area contributed by atoms with E-state index in [9.17, 15) is 13.2 Å². The van der Waals surface area contributed by atoms with Gasteiger partial charge in [-0.25, -0.2) is 9.50 Å². The van der Waals surface area contributed by atoms with E-state index in [0.29, 0.717) is 22.5 Å². The monoisotopic (exact) mass is 368 g/mol. The molecule has 0 saturated carbocycles. The SMILES string of the molecule is COc1ccccc1-c1ccn2n[c]nc2c1-c1ccc(C(F)(F)F)cc1.